The minimum atomic E-state index is -3.79. The number of amides is 1. The normalized spacial score (nSPS) is 11.8. The maximum atomic E-state index is 13.1. The number of carbonyl (C=O) groups excluding carboxylic acids is 1. The molecule has 1 aromatic heterocycles. The highest BCUT2D eigenvalue weighted by molar-refractivity contribution is 7.89. The SMILES string of the molecule is CC(C)(C)NS(=O)(=O)c1ccccc1-c1ccc(NC(=O)c2sc(N)nc2-c2ccc(Cl)c([N+](=O)[O-])c2)cc1. The van der Waals surface area contributed by atoms with Gasteiger partial charge in [-0.1, -0.05) is 59.3 Å². The Bertz CT molecular complexity index is 1680. The summed E-state index contributed by atoms with van der Waals surface area (Å²) in [6, 6.07) is 17.5. The lowest BCUT2D eigenvalue weighted by Gasteiger charge is -2.21. The van der Waals surface area contributed by atoms with Gasteiger partial charge in [0, 0.05) is 28.4 Å². The van der Waals surface area contributed by atoms with Crippen molar-refractivity contribution in [2.75, 3.05) is 11.1 Å². The molecule has 10 nitrogen and oxygen atoms in total. The molecule has 4 rings (SSSR count). The van der Waals surface area contributed by atoms with E-state index in [1.807, 2.05) is 0 Å². The van der Waals surface area contributed by atoms with Crippen LogP contribution in [0.5, 0.6) is 0 Å². The van der Waals surface area contributed by atoms with Crippen LogP contribution in [0.4, 0.5) is 16.5 Å². The number of aromatic nitrogens is 1. The average Bonchev–Trinajstić information content (AvgIpc) is 3.25. The molecule has 0 radical (unpaired) electrons. The molecule has 0 saturated heterocycles. The fourth-order valence-electron chi connectivity index (χ4n) is 3.80. The Morgan fingerprint density at radius 1 is 1.05 bits per heavy atom. The van der Waals surface area contributed by atoms with Crippen LogP contribution >= 0.6 is 22.9 Å². The molecule has 202 valence electrons. The van der Waals surface area contributed by atoms with Crippen molar-refractivity contribution in [2.24, 2.45) is 0 Å². The molecular formula is C26H24ClN5O5S2. The van der Waals surface area contributed by atoms with Gasteiger partial charge in [-0.15, -0.1) is 0 Å². The molecule has 4 N–H and O–H groups in total. The number of hydrogen-bond acceptors (Lipinski definition) is 8. The summed E-state index contributed by atoms with van der Waals surface area (Å²) < 4.78 is 28.7. The number of nitro groups is 1. The van der Waals surface area contributed by atoms with E-state index in [4.69, 9.17) is 17.3 Å². The molecule has 0 aliphatic rings. The molecule has 13 heteroatoms. The van der Waals surface area contributed by atoms with Crippen LogP contribution in [0.2, 0.25) is 5.02 Å². The molecule has 0 aliphatic carbocycles. The van der Waals surface area contributed by atoms with Gasteiger partial charge in [-0.25, -0.2) is 18.1 Å². The molecule has 1 amide bonds. The van der Waals surface area contributed by atoms with Crippen molar-refractivity contribution < 1.29 is 18.1 Å². The molecule has 0 aliphatic heterocycles. The third-order valence-corrected chi connectivity index (χ3v) is 8.36. The van der Waals surface area contributed by atoms with E-state index in [0.29, 0.717) is 22.4 Å². The zero-order valence-electron chi connectivity index (χ0n) is 21.1. The number of nitrogen functional groups attached to an aromatic ring is 1. The highest BCUT2D eigenvalue weighted by atomic mass is 35.5. The number of thiazole rings is 1. The highest BCUT2D eigenvalue weighted by Gasteiger charge is 2.25. The number of nitrogens with two attached hydrogens (primary N) is 1. The summed E-state index contributed by atoms with van der Waals surface area (Å²) in [5, 5.41) is 14.1. The molecule has 3 aromatic carbocycles. The third kappa shape index (κ3) is 6.42. The van der Waals surface area contributed by atoms with Gasteiger partial charge in [-0.05, 0) is 50.6 Å². The second-order valence-corrected chi connectivity index (χ2v) is 12.6. The number of carbonyl (C=O) groups is 1. The van der Waals surface area contributed by atoms with Gasteiger partial charge in [-0.3, -0.25) is 14.9 Å². The topological polar surface area (TPSA) is 157 Å². The number of nitro benzene ring substituents is 1. The van der Waals surface area contributed by atoms with E-state index in [-0.39, 0.29) is 31.3 Å². The molecule has 0 bridgehead atoms. The Kier molecular flexibility index (Phi) is 7.75. The zero-order chi connectivity index (χ0) is 28.5. The van der Waals surface area contributed by atoms with Crippen LogP contribution in [-0.4, -0.2) is 29.8 Å². The van der Waals surface area contributed by atoms with Gasteiger partial charge < -0.3 is 11.1 Å². The van der Waals surface area contributed by atoms with Gasteiger partial charge in [0.25, 0.3) is 11.6 Å². The Morgan fingerprint density at radius 3 is 2.33 bits per heavy atom. The second kappa shape index (κ2) is 10.7. The maximum absolute atomic E-state index is 13.1. The van der Waals surface area contributed by atoms with Crippen molar-refractivity contribution in [1.29, 1.82) is 0 Å². The van der Waals surface area contributed by atoms with E-state index in [2.05, 4.69) is 15.0 Å². The molecule has 0 atom stereocenters. The van der Waals surface area contributed by atoms with Crippen LogP contribution in [0, 0.1) is 10.1 Å². The molecule has 0 spiro atoms. The summed E-state index contributed by atoms with van der Waals surface area (Å²) in [6.45, 7) is 5.29. The van der Waals surface area contributed by atoms with Gasteiger partial charge in [0.05, 0.1) is 15.5 Å². The molecule has 39 heavy (non-hydrogen) atoms. The number of nitrogens with zero attached hydrogens (tertiary/aromatic N) is 2. The Balaban J connectivity index is 1.61. The molecular weight excluding hydrogens is 562 g/mol. The number of sulfonamides is 1. The van der Waals surface area contributed by atoms with E-state index < -0.39 is 26.4 Å². The summed E-state index contributed by atoms with van der Waals surface area (Å²) in [5.41, 5.74) is 6.99. The first-order valence-corrected chi connectivity index (χ1v) is 14.2. The molecule has 4 aromatic rings. The number of halogens is 1. The summed E-state index contributed by atoms with van der Waals surface area (Å²) in [7, 11) is -3.79. The lowest BCUT2D eigenvalue weighted by molar-refractivity contribution is -0.384. The van der Waals surface area contributed by atoms with Gasteiger partial charge in [0.2, 0.25) is 10.0 Å². The van der Waals surface area contributed by atoms with Crippen LogP contribution in [0.3, 0.4) is 0 Å². The number of hydrogen-bond donors (Lipinski definition) is 3. The van der Waals surface area contributed by atoms with Crippen molar-refractivity contribution in [3.63, 3.8) is 0 Å². The summed E-state index contributed by atoms with van der Waals surface area (Å²) in [5.74, 6) is -0.512. The molecule has 1 heterocycles. The third-order valence-electron chi connectivity index (χ3n) is 5.34. The van der Waals surface area contributed by atoms with Crippen molar-refractivity contribution in [1.82, 2.24) is 9.71 Å². The maximum Gasteiger partial charge on any atom is 0.288 e. The Hall–Kier alpha value is -3.84. The summed E-state index contributed by atoms with van der Waals surface area (Å²) >= 11 is 6.86. The largest absolute Gasteiger partial charge is 0.375 e. The van der Waals surface area contributed by atoms with Crippen LogP contribution < -0.4 is 15.8 Å². The zero-order valence-corrected chi connectivity index (χ0v) is 23.4. The lowest BCUT2D eigenvalue weighted by Crippen LogP contribution is -2.40. The van der Waals surface area contributed by atoms with Crippen LogP contribution in [0.25, 0.3) is 22.4 Å². The Morgan fingerprint density at radius 2 is 1.69 bits per heavy atom. The smallest absolute Gasteiger partial charge is 0.288 e. The number of anilines is 2. The molecule has 0 saturated carbocycles. The fourth-order valence-corrected chi connectivity index (χ4v) is 6.39. The van der Waals surface area contributed by atoms with Crippen LogP contribution in [0.15, 0.2) is 71.6 Å². The van der Waals surface area contributed by atoms with E-state index in [0.717, 1.165) is 11.3 Å². The average molecular weight is 586 g/mol. The lowest BCUT2D eigenvalue weighted by atomic mass is 10.1. The van der Waals surface area contributed by atoms with E-state index >= 15 is 0 Å². The van der Waals surface area contributed by atoms with Gasteiger partial charge in [-0.2, -0.15) is 0 Å². The van der Waals surface area contributed by atoms with Crippen molar-refractivity contribution in [3.05, 3.63) is 86.7 Å². The first kappa shape index (κ1) is 28.2. The summed E-state index contributed by atoms with van der Waals surface area (Å²) in [6.07, 6.45) is 0. The Labute approximate surface area is 234 Å². The quantitative estimate of drug-likeness (QED) is 0.178. The molecule has 0 fully saturated rings. The van der Waals surface area contributed by atoms with Gasteiger partial charge in [0.1, 0.15) is 9.90 Å². The minimum Gasteiger partial charge on any atom is -0.375 e. The first-order valence-electron chi connectivity index (χ1n) is 11.5. The van der Waals surface area contributed by atoms with Crippen molar-refractivity contribution >= 4 is 55.4 Å². The van der Waals surface area contributed by atoms with Crippen LogP contribution in [-0.2, 0) is 10.0 Å². The minimum absolute atomic E-state index is 0.0402. The van der Waals surface area contributed by atoms with E-state index in [9.17, 15) is 23.3 Å². The first-order chi connectivity index (χ1) is 18.2. The highest BCUT2D eigenvalue weighted by Crippen LogP contribution is 2.35. The van der Waals surface area contributed by atoms with E-state index in [1.165, 1.54) is 24.3 Å². The van der Waals surface area contributed by atoms with Gasteiger partial charge >= 0.3 is 0 Å². The standard InChI is InChI=1S/C26H24ClN5O5S2/c1-26(2,3)31-39(36,37)21-7-5-4-6-18(21)15-8-11-17(12-9-15)29-24(33)23-22(30-25(28)38-23)16-10-13-19(27)20(14-16)32(34)35/h4-14,31H,1-3H3,(H2,28,30)(H,29,33). The van der Waals surface area contributed by atoms with Crippen LogP contribution in [0.1, 0.15) is 30.4 Å². The van der Waals surface area contributed by atoms with Crippen molar-refractivity contribution in [3.8, 4) is 22.4 Å². The van der Waals surface area contributed by atoms with Crippen molar-refractivity contribution in [2.45, 2.75) is 31.2 Å². The number of rotatable bonds is 7. The predicted molar refractivity (Wildman–Crippen MR) is 154 cm³/mol. The predicted octanol–water partition coefficient (Wildman–Crippen LogP) is 5.95. The monoisotopic (exact) mass is 585 g/mol. The molecule has 0 unspecified atom stereocenters. The number of benzene rings is 3. The van der Waals surface area contributed by atoms with E-state index in [1.54, 1.807) is 63.2 Å². The summed E-state index contributed by atoms with van der Waals surface area (Å²) in [4.78, 5) is 28.3. The fraction of sp³-hybridized carbons (Fsp3) is 0.154. The van der Waals surface area contributed by atoms with Gasteiger partial charge in [0.15, 0.2) is 5.13 Å². The number of nitrogens with one attached hydrogen (secondary N) is 2. The second-order valence-electron chi connectivity index (χ2n) is 9.54.